The first-order valence-corrected chi connectivity index (χ1v) is 6.28. The number of rotatable bonds is 2. The summed E-state index contributed by atoms with van der Waals surface area (Å²) in [7, 11) is 0. The fraction of sp³-hybridized carbons (Fsp3) is 0.636. The summed E-state index contributed by atoms with van der Waals surface area (Å²) in [5, 5.41) is 1.65. The SMILES string of the molecule is NCC(c1csc2c1CCCC2)C(F)(F)F. The number of aryl methyl sites for hydroxylation is 1. The van der Waals surface area contributed by atoms with Crippen molar-refractivity contribution in [2.24, 2.45) is 5.73 Å². The molecule has 1 aromatic heterocycles. The lowest BCUT2D eigenvalue weighted by Crippen LogP contribution is -2.28. The van der Waals surface area contributed by atoms with Crippen LogP contribution in [0.3, 0.4) is 0 Å². The molecule has 1 heterocycles. The molecule has 0 aliphatic heterocycles. The van der Waals surface area contributed by atoms with E-state index in [4.69, 9.17) is 5.73 Å². The van der Waals surface area contributed by atoms with E-state index in [-0.39, 0.29) is 6.54 Å². The molecular weight excluding hydrogens is 235 g/mol. The van der Waals surface area contributed by atoms with E-state index in [1.165, 1.54) is 11.3 Å². The number of hydrogen-bond donors (Lipinski definition) is 1. The summed E-state index contributed by atoms with van der Waals surface area (Å²) in [5.74, 6) is -1.48. The van der Waals surface area contributed by atoms with Crippen LogP contribution < -0.4 is 5.73 Å². The molecule has 0 bridgehead atoms. The summed E-state index contributed by atoms with van der Waals surface area (Å²) in [6.07, 6.45) is -0.435. The summed E-state index contributed by atoms with van der Waals surface area (Å²) in [4.78, 5) is 1.13. The average molecular weight is 249 g/mol. The van der Waals surface area contributed by atoms with Crippen molar-refractivity contribution in [3.8, 4) is 0 Å². The number of nitrogens with two attached hydrogens (primary N) is 1. The Balaban J connectivity index is 2.35. The highest BCUT2D eigenvalue weighted by Gasteiger charge is 2.41. The lowest BCUT2D eigenvalue weighted by molar-refractivity contribution is -0.148. The van der Waals surface area contributed by atoms with Crippen molar-refractivity contribution in [1.82, 2.24) is 0 Å². The highest BCUT2D eigenvalue weighted by atomic mass is 32.1. The van der Waals surface area contributed by atoms with E-state index in [0.717, 1.165) is 36.1 Å². The number of thiophene rings is 1. The Morgan fingerprint density at radius 2 is 2.00 bits per heavy atom. The maximum absolute atomic E-state index is 12.8. The smallest absolute Gasteiger partial charge is 0.330 e. The van der Waals surface area contributed by atoms with Gasteiger partial charge in [0.25, 0.3) is 0 Å². The zero-order valence-corrected chi connectivity index (χ0v) is 9.63. The minimum Gasteiger partial charge on any atom is -0.330 e. The Morgan fingerprint density at radius 3 is 2.62 bits per heavy atom. The third-order valence-corrected chi connectivity index (χ3v) is 4.21. The molecule has 0 saturated carbocycles. The van der Waals surface area contributed by atoms with Crippen molar-refractivity contribution < 1.29 is 13.2 Å². The van der Waals surface area contributed by atoms with E-state index in [2.05, 4.69) is 0 Å². The summed E-state index contributed by atoms with van der Waals surface area (Å²) >= 11 is 1.46. The van der Waals surface area contributed by atoms with E-state index in [9.17, 15) is 13.2 Å². The molecule has 1 unspecified atom stereocenters. The van der Waals surface area contributed by atoms with Crippen LogP contribution in [-0.2, 0) is 12.8 Å². The van der Waals surface area contributed by atoms with Crippen LogP contribution in [0.15, 0.2) is 5.38 Å². The highest BCUT2D eigenvalue weighted by molar-refractivity contribution is 7.10. The van der Waals surface area contributed by atoms with Gasteiger partial charge in [0.2, 0.25) is 0 Å². The second-order valence-corrected chi connectivity index (χ2v) is 5.09. The van der Waals surface area contributed by atoms with Gasteiger partial charge in [-0.25, -0.2) is 0 Å². The summed E-state index contributed by atoms with van der Waals surface area (Å²) in [5.41, 5.74) is 6.61. The molecule has 2 rings (SSSR count). The minimum atomic E-state index is -4.22. The zero-order valence-electron chi connectivity index (χ0n) is 8.81. The highest BCUT2D eigenvalue weighted by Crippen LogP contribution is 2.41. The van der Waals surface area contributed by atoms with Gasteiger partial charge in [0.05, 0.1) is 5.92 Å². The van der Waals surface area contributed by atoms with Gasteiger partial charge < -0.3 is 5.73 Å². The Morgan fingerprint density at radius 1 is 1.31 bits per heavy atom. The van der Waals surface area contributed by atoms with E-state index in [1.807, 2.05) is 0 Å². The quantitative estimate of drug-likeness (QED) is 0.855. The Kier molecular flexibility index (Phi) is 3.26. The van der Waals surface area contributed by atoms with E-state index in [1.54, 1.807) is 5.38 Å². The van der Waals surface area contributed by atoms with Crippen LogP contribution in [0.5, 0.6) is 0 Å². The molecule has 0 fully saturated rings. The Bertz CT molecular complexity index is 370. The molecular formula is C11H14F3NS. The molecule has 5 heteroatoms. The molecule has 1 aliphatic carbocycles. The number of hydrogen-bond acceptors (Lipinski definition) is 2. The van der Waals surface area contributed by atoms with Gasteiger partial charge in [-0.2, -0.15) is 13.2 Å². The van der Waals surface area contributed by atoms with Crippen molar-refractivity contribution in [3.63, 3.8) is 0 Å². The van der Waals surface area contributed by atoms with Crippen LogP contribution in [0.25, 0.3) is 0 Å². The first-order valence-electron chi connectivity index (χ1n) is 5.40. The Hall–Kier alpha value is -0.550. The first-order chi connectivity index (χ1) is 7.54. The van der Waals surface area contributed by atoms with Crippen LogP contribution in [-0.4, -0.2) is 12.7 Å². The van der Waals surface area contributed by atoms with Gasteiger partial charge in [0.1, 0.15) is 0 Å². The normalized spacial score (nSPS) is 18.2. The predicted octanol–water partition coefficient (Wildman–Crippen LogP) is 3.23. The molecule has 0 radical (unpaired) electrons. The summed E-state index contributed by atoms with van der Waals surface area (Å²) in [6, 6.07) is 0. The lowest BCUT2D eigenvalue weighted by Gasteiger charge is -2.21. The van der Waals surface area contributed by atoms with Crippen molar-refractivity contribution >= 4 is 11.3 Å². The second kappa shape index (κ2) is 4.37. The molecule has 1 nitrogen and oxygen atoms in total. The molecule has 2 N–H and O–H groups in total. The topological polar surface area (TPSA) is 26.0 Å². The van der Waals surface area contributed by atoms with Crippen molar-refractivity contribution in [2.75, 3.05) is 6.54 Å². The van der Waals surface area contributed by atoms with Crippen LogP contribution in [0.1, 0.15) is 34.8 Å². The van der Waals surface area contributed by atoms with Crippen molar-refractivity contribution in [3.05, 3.63) is 21.4 Å². The van der Waals surface area contributed by atoms with Gasteiger partial charge in [-0.3, -0.25) is 0 Å². The maximum atomic E-state index is 12.8. The average Bonchev–Trinajstić information content (AvgIpc) is 2.61. The van der Waals surface area contributed by atoms with Gasteiger partial charge in [0.15, 0.2) is 0 Å². The van der Waals surface area contributed by atoms with Gasteiger partial charge in [-0.15, -0.1) is 11.3 Å². The van der Waals surface area contributed by atoms with E-state index in [0.29, 0.717) is 5.56 Å². The summed E-state index contributed by atoms with van der Waals surface area (Å²) in [6.45, 7) is -0.354. The number of halogens is 3. The predicted molar refractivity (Wildman–Crippen MR) is 58.8 cm³/mol. The molecule has 0 aromatic carbocycles. The fourth-order valence-electron chi connectivity index (χ4n) is 2.25. The van der Waals surface area contributed by atoms with Gasteiger partial charge in [0, 0.05) is 11.4 Å². The van der Waals surface area contributed by atoms with E-state index < -0.39 is 12.1 Å². The standard InChI is InChI=1S/C11H14F3NS/c12-11(13,14)9(5-15)8-6-16-10-4-2-1-3-7(8)10/h6,9H,1-5,15H2. The molecule has 16 heavy (non-hydrogen) atoms. The van der Waals surface area contributed by atoms with Gasteiger partial charge >= 0.3 is 6.18 Å². The number of fused-ring (bicyclic) bond motifs is 1. The zero-order chi connectivity index (χ0) is 11.8. The van der Waals surface area contributed by atoms with Crippen LogP contribution in [0.4, 0.5) is 13.2 Å². The van der Waals surface area contributed by atoms with Gasteiger partial charge in [-0.1, -0.05) is 0 Å². The monoisotopic (exact) mass is 249 g/mol. The molecule has 0 amide bonds. The van der Waals surface area contributed by atoms with Crippen molar-refractivity contribution in [2.45, 2.75) is 37.8 Å². The molecule has 1 atom stereocenters. The lowest BCUT2D eigenvalue weighted by atomic mass is 9.89. The van der Waals surface area contributed by atoms with Gasteiger partial charge in [-0.05, 0) is 42.2 Å². The number of alkyl halides is 3. The fourth-order valence-corrected chi connectivity index (χ4v) is 3.45. The first kappa shape index (κ1) is 11.9. The third kappa shape index (κ3) is 2.11. The third-order valence-electron chi connectivity index (χ3n) is 3.10. The van der Waals surface area contributed by atoms with Crippen molar-refractivity contribution in [1.29, 1.82) is 0 Å². The summed E-state index contributed by atoms with van der Waals surface area (Å²) < 4.78 is 38.3. The Labute approximate surface area is 96.5 Å². The molecule has 1 aliphatic rings. The van der Waals surface area contributed by atoms with Crippen LogP contribution in [0.2, 0.25) is 0 Å². The molecule has 0 saturated heterocycles. The van der Waals surface area contributed by atoms with Crippen LogP contribution >= 0.6 is 11.3 Å². The molecule has 1 aromatic rings. The van der Waals surface area contributed by atoms with E-state index >= 15 is 0 Å². The second-order valence-electron chi connectivity index (χ2n) is 4.13. The molecule has 0 spiro atoms. The largest absolute Gasteiger partial charge is 0.396 e. The minimum absolute atomic E-state index is 0.354. The maximum Gasteiger partial charge on any atom is 0.396 e. The molecule has 90 valence electrons. The van der Waals surface area contributed by atoms with Crippen LogP contribution in [0, 0.1) is 0 Å².